The van der Waals surface area contributed by atoms with Gasteiger partial charge in [-0.25, -0.2) is 9.37 Å². The number of aromatic nitrogens is 3. The van der Waals surface area contributed by atoms with E-state index < -0.39 is 5.82 Å². The van der Waals surface area contributed by atoms with Crippen LogP contribution >= 0.6 is 0 Å². The van der Waals surface area contributed by atoms with E-state index in [-0.39, 0.29) is 17.6 Å². The third-order valence-electron chi connectivity index (χ3n) is 6.35. The molecule has 1 atom stereocenters. The van der Waals surface area contributed by atoms with E-state index in [0.29, 0.717) is 59.1 Å². The Labute approximate surface area is 200 Å². The largest absolute Gasteiger partial charge is 0.492 e. The number of pyridine rings is 2. The van der Waals surface area contributed by atoms with Gasteiger partial charge in [-0.05, 0) is 30.7 Å². The van der Waals surface area contributed by atoms with Gasteiger partial charge in [0.05, 0.1) is 35.3 Å². The third kappa shape index (κ3) is 3.56. The number of methoxy groups -OCH3 is 1. The number of halogens is 1. The van der Waals surface area contributed by atoms with Crippen molar-refractivity contribution in [2.45, 2.75) is 12.3 Å². The molecule has 4 aromatic rings. The monoisotopic (exact) mass is 471 g/mol. The lowest BCUT2D eigenvalue weighted by atomic mass is 9.93. The highest BCUT2D eigenvalue weighted by Crippen LogP contribution is 2.43. The zero-order valence-corrected chi connectivity index (χ0v) is 18.9. The van der Waals surface area contributed by atoms with E-state index in [1.807, 2.05) is 24.3 Å². The average molecular weight is 471 g/mol. The summed E-state index contributed by atoms with van der Waals surface area (Å²) in [4.78, 5) is 25.8. The van der Waals surface area contributed by atoms with Crippen molar-refractivity contribution in [2.75, 3.05) is 25.6 Å². The zero-order chi connectivity index (χ0) is 23.9. The lowest BCUT2D eigenvalue weighted by Crippen LogP contribution is -2.34. The highest BCUT2D eigenvalue weighted by molar-refractivity contribution is 6.08. The minimum Gasteiger partial charge on any atom is -0.492 e. The summed E-state index contributed by atoms with van der Waals surface area (Å²) in [5.74, 6) is -0.145. The van der Waals surface area contributed by atoms with Gasteiger partial charge in [-0.3, -0.25) is 9.78 Å². The van der Waals surface area contributed by atoms with Gasteiger partial charge >= 0.3 is 0 Å². The number of anilines is 2. The summed E-state index contributed by atoms with van der Waals surface area (Å²) in [7, 11) is 1.41. The van der Waals surface area contributed by atoms with Gasteiger partial charge in [0.25, 0.3) is 5.91 Å². The van der Waals surface area contributed by atoms with Crippen molar-refractivity contribution in [1.29, 1.82) is 0 Å². The van der Waals surface area contributed by atoms with Gasteiger partial charge < -0.3 is 25.1 Å². The molecular formula is C26H22FN5O3. The Morgan fingerprint density at radius 1 is 1.20 bits per heavy atom. The fraction of sp³-hybridized carbons (Fsp3) is 0.192. The van der Waals surface area contributed by atoms with Crippen LogP contribution in [0.4, 0.5) is 15.8 Å². The first-order valence-corrected chi connectivity index (χ1v) is 11.3. The van der Waals surface area contributed by atoms with E-state index in [9.17, 15) is 9.18 Å². The van der Waals surface area contributed by atoms with Gasteiger partial charge in [0.15, 0.2) is 11.6 Å². The molecule has 3 N–H and O–H groups in total. The number of amides is 1. The Morgan fingerprint density at radius 3 is 3.00 bits per heavy atom. The lowest BCUT2D eigenvalue weighted by molar-refractivity contribution is 0.0941. The highest BCUT2D eigenvalue weighted by Gasteiger charge is 2.33. The van der Waals surface area contributed by atoms with Crippen LogP contribution < -0.4 is 20.1 Å². The average Bonchev–Trinajstić information content (AvgIpc) is 3.24. The maximum Gasteiger partial charge on any atom is 0.255 e. The predicted octanol–water partition coefficient (Wildman–Crippen LogP) is 4.68. The standard InChI is InChI=1S/C26H22FN5O3/c1-34-25-16(27)6-4-7-18(25)30-24-20-21-14(13-29-26(20)33)5-2-3-12-35-19-9-8-17-22(31-19)15(10-11-28-17)23(24)32-21/h2-4,6-11,14,30,32H,5,12-13H2,1H3,(H,29,33)/b3-2-/t14-/m0/s1. The number of nitrogens with one attached hydrogen (secondary N) is 3. The SMILES string of the molecule is COc1c(F)cccc1Nc1c2[nH]c3c1C(=O)NC[C@@H]3C/C=C\COc1ccc3nccc-2c3n1. The molecule has 0 fully saturated rings. The number of para-hydroxylation sites is 1. The van der Waals surface area contributed by atoms with Crippen molar-refractivity contribution in [1.82, 2.24) is 20.3 Å². The Hall–Kier alpha value is -4.40. The van der Waals surface area contributed by atoms with Crippen molar-refractivity contribution in [3.63, 3.8) is 0 Å². The smallest absolute Gasteiger partial charge is 0.255 e. The molecule has 2 aliphatic rings. The first-order valence-electron chi connectivity index (χ1n) is 11.3. The van der Waals surface area contributed by atoms with E-state index >= 15 is 0 Å². The van der Waals surface area contributed by atoms with Crippen molar-refractivity contribution >= 4 is 28.3 Å². The van der Waals surface area contributed by atoms with Gasteiger partial charge in [-0.2, -0.15) is 0 Å². The third-order valence-corrected chi connectivity index (χ3v) is 6.35. The van der Waals surface area contributed by atoms with E-state index in [1.165, 1.54) is 13.2 Å². The molecule has 2 aliphatic heterocycles. The number of ether oxygens (including phenoxy) is 2. The molecule has 35 heavy (non-hydrogen) atoms. The number of hydrogen-bond acceptors (Lipinski definition) is 6. The van der Waals surface area contributed by atoms with Crippen LogP contribution in [0.5, 0.6) is 11.6 Å². The minimum absolute atomic E-state index is 0.0248. The summed E-state index contributed by atoms with van der Waals surface area (Å²) in [5, 5.41) is 6.28. The topological polar surface area (TPSA) is 101 Å². The second kappa shape index (κ2) is 8.43. The maximum atomic E-state index is 14.5. The molecule has 0 spiro atoms. The van der Waals surface area contributed by atoms with Crippen molar-refractivity contribution in [2.24, 2.45) is 0 Å². The molecule has 1 aromatic carbocycles. The molecule has 8 nitrogen and oxygen atoms in total. The van der Waals surface area contributed by atoms with E-state index in [4.69, 9.17) is 14.5 Å². The molecule has 5 heterocycles. The summed E-state index contributed by atoms with van der Waals surface area (Å²) >= 11 is 0. The van der Waals surface area contributed by atoms with Crippen LogP contribution in [0.25, 0.3) is 22.3 Å². The van der Waals surface area contributed by atoms with Gasteiger partial charge in [0.2, 0.25) is 5.88 Å². The van der Waals surface area contributed by atoms with Crippen LogP contribution in [0.2, 0.25) is 0 Å². The number of rotatable bonds is 3. The number of carbonyl (C=O) groups excluding carboxylic acids is 1. The molecular weight excluding hydrogens is 449 g/mol. The van der Waals surface area contributed by atoms with Crippen LogP contribution in [0, 0.1) is 5.82 Å². The molecule has 3 aromatic heterocycles. The van der Waals surface area contributed by atoms with E-state index in [1.54, 1.807) is 24.4 Å². The summed E-state index contributed by atoms with van der Waals surface area (Å²) < 4.78 is 25.6. The Bertz CT molecular complexity index is 1500. The summed E-state index contributed by atoms with van der Waals surface area (Å²) in [6, 6.07) is 10.1. The zero-order valence-electron chi connectivity index (χ0n) is 18.9. The summed E-state index contributed by atoms with van der Waals surface area (Å²) in [5.41, 5.74) is 4.93. The number of fused-ring (bicyclic) bond motifs is 3. The van der Waals surface area contributed by atoms with Crippen molar-refractivity contribution in [3.05, 3.63) is 71.8 Å². The van der Waals surface area contributed by atoms with Gasteiger partial charge in [0.1, 0.15) is 12.1 Å². The second-order valence-electron chi connectivity index (χ2n) is 8.41. The quantitative estimate of drug-likeness (QED) is 0.375. The highest BCUT2D eigenvalue weighted by atomic mass is 19.1. The molecule has 0 saturated carbocycles. The lowest BCUT2D eigenvalue weighted by Gasteiger charge is -2.23. The number of allylic oxidation sites excluding steroid dienone is 1. The second-order valence-corrected chi connectivity index (χ2v) is 8.41. The van der Waals surface area contributed by atoms with Crippen LogP contribution in [-0.4, -0.2) is 41.1 Å². The molecule has 0 unspecified atom stereocenters. The molecule has 6 rings (SSSR count). The van der Waals surface area contributed by atoms with E-state index in [2.05, 4.69) is 20.6 Å². The molecule has 4 bridgehead atoms. The Balaban J connectivity index is 1.64. The molecule has 0 radical (unpaired) electrons. The van der Waals surface area contributed by atoms with Gasteiger partial charge in [-0.15, -0.1) is 0 Å². The van der Waals surface area contributed by atoms with Crippen LogP contribution in [0.15, 0.2) is 54.7 Å². The van der Waals surface area contributed by atoms with Crippen molar-refractivity contribution in [3.8, 4) is 22.9 Å². The first-order chi connectivity index (χ1) is 17.1. The number of nitrogens with zero attached hydrogens (tertiary/aromatic N) is 2. The number of hydrogen-bond donors (Lipinski definition) is 3. The van der Waals surface area contributed by atoms with Crippen LogP contribution in [0.3, 0.4) is 0 Å². The first kappa shape index (κ1) is 21.2. The summed E-state index contributed by atoms with van der Waals surface area (Å²) in [6.07, 6.45) is 6.39. The number of benzene rings is 1. The van der Waals surface area contributed by atoms with Gasteiger partial charge in [0, 0.05) is 36.0 Å². The Kier molecular flexibility index (Phi) is 5.09. The molecule has 1 amide bonds. The van der Waals surface area contributed by atoms with Crippen LogP contribution in [-0.2, 0) is 0 Å². The number of H-pyrrole nitrogens is 1. The molecule has 0 aliphatic carbocycles. The minimum atomic E-state index is -0.504. The Morgan fingerprint density at radius 2 is 2.11 bits per heavy atom. The number of aromatic amines is 1. The fourth-order valence-electron chi connectivity index (χ4n) is 4.70. The van der Waals surface area contributed by atoms with Gasteiger partial charge in [-0.1, -0.05) is 18.2 Å². The maximum absolute atomic E-state index is 14.5. The van der Waals surface area contributed by atoms with Crippen molar-refractivity contribution < 1.29 is 18.7 Å². The molecule has 176 valence electrons. The molecule has 0 saturated heterocycles. The number of carbonyl (C=O) groups is 1. The molecule has 9 heteroatoms. The summed E-state index contributed by atoms with van der Waals surface area (Å²) in [6.45, 7) is 0.888. The van der Waals surface area contributed by atoms with E-state index in [0.717, 1.165) is 11.3 Å². The van der Waals surface area contributed by atoms with Crippen LogP contribution in [0.1, 0.15) is 28.4 Å². The fourth-order valence-corrected chi connectivity index (χ4v) is 4.70. The normalized spacial score (nSPS) is 17.5. The predicted molar refractivity (Wildman–Crippen MR) is 130 cm³/mol.